The summed E-state index contributed by atoms with van der Waals surface area (Å²) in [5.74, 6) is -0.0218. The van der Waals surface area contributed by atoms with E-state index in [-0.39, 0.29) is 18.5 Å². The highest BCUT2D eigenvalue weighted by atomic mass is 16.5. The first-order valence-electron chi connectivity index (χ1n) is 38.7. The van der Waals surface area contributed by atoms with Crippen molar-refractivity contribution in [3.8, 4) is 0 Å². The van der Waals surface area contributed by atoms with Crippen molar-refractivity contribution in [1.82, 2.24) is 5.32 Å². The lowest BCUT2D eigenvalue weighted by atomic mass is 10.0. The van der Waals surface area contributed by atoms with E-state index < -0.39 is 12.1 Å². The number of unbranched alkanes of at least 4 members (excludes halogenated alkanes) is 56. The molecule has 0 heterocycles. The van der Waals surface area contributed by atoms with Gasteiger partial charge < -0.3 is 20.3 Å². The van der Waals surface area contributed by atoms with Gasteiger partial charge in [-0.25, -0.2) is 0 Å². The number of allylic oxidation sites excluding steroid dienone is 6. The van der Waals surface area contributed by atoms with E-state index in [0.717, 1.165) is 51.4 Å². The number of aliphatic hydroxyl groups excluding tert-OH is 2. The van der Waals surface area contributed by atoms with Crippen LogP contribution in [-0.2, 0) is 14.3 Å². The first-order valence-corrected chi connectivity index (χ1v) is 38.7. The Hall–Kier alpha value is -1.92. The van der Waals surface area contributed by atoms with Gasteiger partial charge in [-0.15, -0.1) is 0 Å². The van der Waals surface area contributed by atoms with Crippen molar-refractivity contribution in [3.05, 3.63) is 36.5 Å². The largest absolute Gasteiger partial charge is 0.466 e. The summed E-state index contributed by atoms with van der Waals surface area (Å²) >= 11 is 0. The SMILES string of the molecule is CCCCCCCC/C=C\CCCCCCCCCC(=O)OCCCCCCCCCCC/C=C\C/C=C\CCCCCCCCCCCCCCCC(=O)NC(CO)C(O)CCCCCCCCCCCCCCCCCCCCCCCC. The minimum Gasteiger partial charge on any atom is -0.466 e. The fourth-order valence-corrected chi connectivity index (χ4v) is 12.3. The van der Waals surface area contributed by atoms with E-state index in [0.29, 0.717) is 25.9 Å². The van der Waals surface area contributed by atoms with Crippen LogP contribution in [0.5, 0.6) is 0 Å². The molecule has 0 saturated heterocycles. The highest BCUT2D eigenvalue weighted by molar-refractivity contribution is 5.76. The minimum atomic E-state index is -0.667. The Morgan fingerprint density at radius 2 is 0.588 bits per heavy atom. The molecule has 3 N–H and O–H groups in total. The van der Waals surface area contributed by atoms with Gasteiger partial charge in [-0.3, -0.25) is 9.59 Å². The summed E-state index contributed by atoms with van der Waals surface area (Å²) in [4.78, 5) is 24.7. The summed E-state index contributed by atoms with van der Waals surface area (Å²) in [6, 6.07) is -0.544. The molecule has 0 bridgehead atoms. The number of carbonyl (C=O) groups is 2. The van der Waals surface area contributed by atoms with Gasteiger partial charge in [-0.05, 0) is 83.5 Å². The van der Waals surface area contributed by atoms with Crippen LogP contribution in [0.2, 0.25) is 0 Å². The van der Waals surface area contributed by atoms with Gasteiger partial charge in [0, 0.05) is 12.8 Å². The van der Waals surface area contributed by atoms with Crippen LogP contribution in [0, 0.1) is 0 Å². The van der Waals surface area contributed by atoms with E-state index in [1.54, 1.807) is 0 Å². The van der Waals surface area contributed by atoms with Gasteiger partial charge in [0.2, 0.25) is 5.91 Å². The monoisotopic (exact) mass is 1190 g/mol. The summed E-state index contributed by atoms with van der Waals surface area (Å²) in [6.45, 7) is 4.99. The Kier molecular flexibility index (Phi) is 72.9. The van der Waals surface area contributed by atoms with Crippen LogP contribution in [0.15, 0.2) is 36.5 Å². The summed E-state index contributed by atoms with van der Waals surface area (Å²) in [5, 5.41) is 23.5. The van der Waals surface area contributed by atoms with Gasteiger partial charge >= 0.3 is 5.97 Å². The third kappa shape index (κ3) is 71.0. The Morgan fingerprint density at radius 1 is 0.329 bits per heavy atom. The van der Waals surface area contributed by atoms with Crippen molar-refractivity contribution < 1.29 is 24.5 Å². The molecule has 0 rings (SSSR count). The number of ether oxygens (including phenoxy) is 1. The Balaban J connectivity index is 3.40. The predicted molar refractivity (Wildman–Crippen MR) is 375 cm³/mol. The second-order valence-corrected chi connectivity index (χ2v) is 26.7. The number of aliphatic hydroxyl groups is 2. The van der Waals surface area contributed by atoms with Gasteiger partial charge in [0.25, 0.3) is 0 Å². The maximum absolute atomic E-state index is 12.6. The molecule has 0 radical (unpaired) electrons. The first kappa shape index (κ1) is 83.1. The van der Waals surface area contributed by atoms with Crippen molar-refractivity contribution >= 4 is 11.9 Å². The van der Waals surface area contributed by atoms with Crippen LogP contribution >= 0.6 is 0 Å². The van der Waals surface area contributed by atoms with E-state index in [1.165, 1.54) is 347 Å². The number of rotatable bonds is 73. The highest BCUT2D eigenvalue weighted by Crippen LogP contribution is 2.19. The second kappa shape index (κ2) is 74.5. The average molecular weight is 1200 g/mol. The maximum Gasteiger partial charge on any atom is 0.305 e. The lowest BCUT2D eigenvalue weighted by Gasteiger charge is -2.22. The maximum atomic E-state index is 12.6. The molecule has 85 heavy (non-hydrogen) atoms. The quantitative estimate of drug-likeness (QED) is 0.0320. The molecule has 0 aromatic heterocycles. The van der Waals surface area contributed by atoms with Crippen LogP contribution in [0.1, 0.15) is 431 Å². The summed E-state index contributed by atoms with van der Waals surface area (Å²) in [6.07, 6.45) is 96.5. The van der Waals surface area contributed by atoms with Crippen molar-refractivity contribution in [1.29, 1.82) is 0 Å². The first-order chi connectivity index (χ1) is 42.0. The number of hydrogen-bond acceptors (Lipinski definition) is 5. The van der Waals surface area contributed by atoms with E-state index in [1.807, 2.05) is 0 Å². The predicted octanol–water partition coefficient (Wildman–Crippen LogP) is 25.4. The van der Waals surface area contributed by atoms with Gasteiger partial charge in [-0.2, -0.15) is 0 Å². The molecule has 6 nitrogen and oxygen atoms in total. The number of esters is 1. The molecular formula is C79H151NO5. The van der Waals surface area contributed by atoms with Gasteiger partial charge in [0.05, 0.1) is 25.4 Å². The van der Waals surface area contributed by atoms with Crippen LogP contribution in [0.25, 0.3) is 0 Å². The fourth-order valence-electron chi connectivity index (χ4n) is 12.3. The van der Waals surface area contributed by atoms with Crippen LogP contribution in [0.3, 0.4) is 0 Å². The molecule has 0 aliphatic heterocycles. The van der Waals surface area contributed by atoms with Gasteiger partial charge in [-0.1, -0.05) is 371 Å². The molecule has 502 valence electrons. The number of amides is 1. The fraction of sp³-hybridized carbons (Fsp3) is 0.899. The molecule has 0 saturated carbocycles. The van der Waals surface area contributed by atoms with Crippen molar-refractivity contribution in [3.63, 3.8) is 0 Å². The van der Waals surface area contributed by atoms with Gasteiger partial charge in [0.1, 0.15) is 0 Å². The topological polar surface area (TPSA) is 95.9 Å². The Bertz CT molecular complexity index is 1380. The summed E-state index contributed by atoms with van der Waals surface area (Å²) in [5.41, 5.74) is 0. The standard InChI is InChI=1S/C79H151NO5/c1-3-5-7-9-11-13-15-17-19-21-22-23-33-36-40-43-47-51-55-59-63-67-71-77(82)76(75-81)80-78(83)72-68-64-60-56-52-48-44-41-37-34-31-29-27-25-24-26-28-30-32-35-38-42-46-50-54-58-62-66-70-74-85-79(84)73-69-65-61-57-53-49-45-39-20-18-16-14-12-10-8-6-4-2/h18,20,24,26,30,32,76-77,81-82H,3-17,19,21-23,25,27-29,31,33-75H2,1-2H3,(H,80,83)/b20-18-,26-24-,32-30-. The lowest BCUT2D eigenvalue weighted by Crippen LogP contribution is -2.45. The van der Waals surface area contributed by atoms with E-state index in [2.05, 4.69) is 55.6 Å². The second-order valence-electron chi connectivity index (χ2n) is 26.7. The molecule has 1 amide bonds. The molecule has 0 aliphatic rings. The van der Waals surface area contributed by atoms with Crippen LogP contribution < -0.4 is 5.32 Å². The van der Waals surface area contributed by atoms with E-state index >= 15 is 0 Å². The molecular weight excluding hydrogens is 1040 g/mol. The third-order valence-corrected chi connectivity index (χ3v) is 18.2. The third-order valence-electron chi connectivity index (χ3n) is 18.2. The zero-order valence-corrected chi connectivity index (χ0v) is 57.6. The number of nitrogens with one attached hydrogen (secondary N) is 1. The molecule has 0 aliphatic carbocycles. The van der Waals surface area contributed by atoms with E-state index in [9.17, 15) is 19.8 Å². The Morgan fingerprint density at radius 3 is 0.906 bits per heavy atom. The molecule has 0 spiro atoms. The van der Waals surface area contributed by atoms with E-state index in [4.69, 9.17) is 4.74 Å². The molecule has 2 atom stereocenters. The molecule has 2 unspecified atom stereocenters. The zero-order valence-electron chi connectivity index (χ0n) is 57.6. The number of carbonyl (C=O) groups excluding carboxylic acids is 2. The van der Waals surface area contributed by atoms with Crippen molar-refractivity contribution in [2.45, 2.75) is 443 Å². The zero-order chi connectivity index (χ0) is 61.3. The molecule has 0 aromatic carbocycles. The Labute approximate surface area is 532 Å². The normalized spacial score (nSPS) is 12.7. The van der Waals surface area contributed by atoms with Crippen LogP contribution in [0.4, 0.5) is 0 Å². The van der Waals surface area contributed by atoms with Crippen molar-refractivity contribution in [2.75, 3.05) is 13.2 Å². The molecule has 0 fully saturated rings. The summed E-state index contributed by atoms with van der Waals surface area (Å²) < 4.78 is 5.50. The average Bonchev–Trinajstić information content (AvgIpc) is 3.51. The smallest absolute Gasteiger partial charge is 0.305 e. The molecule has 6 heteroatoms. The highest BCUT2D eigenvalue weighted by Gasteiger charge is 2.20. The minimum absolute atomic E-state index is 0.00949. The molecule has 0 aromatic rings. The number of hydrogen-bond donors (Lipinski definition) is 3. The van der Waals surface area contributed by atoms with Crippen molar-refractivity contribution in [2.24, 2.45) is 0 Å². The summed E-state index contributed by atoms with van der Waals surface area (Å²) in [7, 11) is 0. The lowest BCUT2D eigenvalue weighted by molar-refractivity contribution is -0.143. The van der Waals surface area contributed by atoms with Crippen LogP contribution in [-0.4, -0.2) is 47.4 Å². The van der Waals surface area contributed by atoms with Gasteiger partial charge in [0.15, 0.2) is 0 Å².